The van der Waals surface area contributed by atoms with Crippen molar-refractivity contribution in [1.82, 2.24) is 10.3 Å². The lowest BCUT2D eigenvalue weighted by atomic mass is 10.4. The Kier molecular flexibility index (Phi) is 6.13. The van der Waals surface area contributed by atoms with Crippen molar-refractivity contribution in [1.29, 1.82) is 0 Å². The predicted molar refractivity (Wildman–Crippen MR) is 76.4 cm³/mol. The van der Waals surface area contributed by atoms with Crippen LogP contribution < -0.4 is 5.43 Å². The third-order valence-corrected chi connectivity index (χ3v) is 3.67. The zero-order chi connectivity index (χ0) is 12.7. The molecule has 0 aromatic rings. The van der Waals surface area contributed by atoms with E-state index in [1.54, 1.807) is 29.8 Å². The highest BCUT2D eigenvalue weighted by Gasteiger charge is 2.24. The molecule has 1 aliphatic rings. The Labute approximate surface area is 110 Å². The van der Waals surface area contributed by atoms with Crippen LogP contribution in [0.15, 0.2) is 22.7 Å². The molecule has 0 bridgehead atoms. The van der Waals surface area contributed by atoms with Gasteiger partial charge in [0.2, 0.25) is 5.91 Å². The zero-order valence-corrected chi connectivity index (χ0v) is 11.6. The number of carbonyl (C=O) groups is 1. The average Bonchev–Trinajstić information content (AvgIpc) is 2.34. The fourth-order valence-corrected chi connectivity index (χ4v) is 2.45. The lowest BCUT2D eigenvalue weighted by Gasteiger charge is -2.26. The second-order valence-electron chi connectivity index (χ2n) is 3.13. The molecule has 0 aromatic carbocycles. The first-order chi connectivity index (χ1) is 8.22. The van der Waals surface area contributed by atoms with Crippen molar-refractivity contribution in [3.8, 4) is 0 Å². The maximum Gasteiger partial charge on any atom is 0.229 e. The van der Waals surface area contributed by atoms with Gasteiger partial charge in [0.05, 0.1) is 0 Å². The molecule has 94 valence electrons. The van der Waals surface area contributed by atoms with E-state index in [1.165, 1.54) is 11.8 Å². The Morgan fingerprint density at radius 3 is 3.12 bits per heavy atom. The van der Waals surface area contributed by atoms with Crippen LogP contribution >= 0.6 is 23.5 Å². The monoisotopic (exact) mass is 272 g/mol. The highest BCUT2D eigenvalue weighted by Crippen LogP contribution is 2.18. The average molecular weight is 272 g/mol. The molecule has 1 aliphatic heterocycles. The van der Waals surface area contributed by atoms with Gasteiger partial charge in [-0.2, -0.15) is 0 Å². The van der Waals surface area contributed by atoms with Gasteiger partial charge in [-0.05, 0) is 6.26 Å². The minimum atomic E-state index is 0.0864. The van der Waals surface area contributed by atoms with Crippen LogP contribution in [0.1, 0.15) is 6.42 Å². The van der Waals surface area contributed by atoms with E-state index in [0.29, 0.717) is 18.1 Å². The molecule has 1 fully saturated rings. The van der Waals surface area contributed by atoms with Crippen LogP contribution in [-0.4, -0.2) is 46.7 Å². The van der Waals surface area contributed by atoms with Gasteiger partial charge in [0.15, 0.2) is 10.3 Å². The largest absolute Gasteiger partial charge is 0.286 e. The summed E-state index contributed by atoms with van der Waals surface area (Å²) in [5.41, 5.74) is 2.85. The molecule has 0 spiro atoms. The van der Waals surface area contributed by atoms with E-state index in [2.05, 4.69) is 22.1 Å². The minimum absolute atomic E-state index is 0.0864. The van der Waals surface area contributed by atoms with Crippen molar-refractivity contribution < 1.29 is 4.79 Å². The molecule has 5 nitrogen and oxygen atoms in total. The zero-order valence-electron chi connectivity index (χ0n) is 9.97. The molecule has 1 amide bonds. The maximum absolute atomic E-state index is 11.7. The Bertz CT molecular complexity index is 354. The van der Waals surface area contributed by atoms with E-state index in [4.69, 9.17) is 0 Å². The second-order valence-corrected chi connectivity index (χ2v) is 4.99. The molecule has 0 unspecified atom stereocenters. The summed E-state index contributed by atoms with van der Waals surface area (Å²) < 4.78 is 0. The Morgan fingerprint density at radius 1 is 1.76 bits per heavy atom. The molecule has 0 aliphatic carbocycles. The molecule has 0 saturated carbocycles. The molecule has 1 heterocycles. The number of aliphatic imine (C=N–C) groups is 1. The number of nitrogens with zero attached hydrogens (tertiary/aromatic N) is 3. The van der Waals surface area contributed by atoms with Crippen LogP contribution in [0.25, 0.3) is 0 Å². The van der Waals surface area contributed by atoms with E-state index < -0.39 is 0 Å². The number of hydrogen-bond acceptors (Lipinski definition) is 5. The van der Waals surface area contributed by atoms with Gasteiger partial charge in [0, 0.05) is 25.8 Å². The Balaban J connectivity index is 2.74. The van der Waals surface area contributed by atoms with Gasteiger partial charge in [0.25, 0.3) is 0 Å². The van der Waals surface area contributed by atoms with Gasteiger partial charge in [-0.1, -0.05) is 29.6 Å². The van der Waals surface area contributed by atoms with Crippen molar-refractivity contribution >= 4 is 39.8 Å². The number of hydrazone groups is 1. The molecule has 0 aromatic heterocycles. The summed E-state index contributed by atoms with van der Waals surface area (Å²) in [7, 11) is 1.69. The molecule has 7 heteroatoms. The first-order valence-corrected chi connectivity index (χ1v) is 7.32. The van der Waals surface area contributed by atoms with Crippen molar-refractivity contribution in [2.45, 2.75) is 6.42 Å². The fraction of sp³-hybridized carbons (Fsp3) is 0.500. The van der Waals surface area contributed by atoms with E-state index in [1.807, 2.05) is 6.26 Å². The minimum Gasteiger partial charge on any atom is -0.286 e. The first-order valence-electron chi connectivity index (χ1n) is 5.11. The van der Waals surface area contributed by atoms with Crippen LogP contribution in [0.2, 0.25) is 0 Å². The molecule has 17 heavy (non-hydrogen) atoms. The summed E-state index contributed by atoms with van der Waals surface area (Å²) >= 11 is 3.03. The number of nitrogens with one attached hydrogen (secondary N) is 1. The van der Waals surface area contributed by atoms with Gasteiger partial charge in [-0.3, -0.25) is 20.1 Å². The third kappa shape index (κ3) is 4.08. The van der Waals surface area contributed by atoms with E-state index in [9.17, 15) is 4.79 Å². The number of amidine groups is 2. The van der Waals surface area contributed by atoms with Gasteiger partial charge in [-0.25, -0.2) is 0 Å². The number of thioether (sulfide) groups is 2. The van der Waals surface area contributed by atoms with E-state index in [-0.39, 0.29) is 5.91 Å². The van der Waals surface area contributed by atoms with Gasteiger partial charge in [-0.15, -0.1) is 11.7 Å². The van der Waals surface area contributed by atoms with Crippen molar-refractivity contribution in [3.05, 3.63) is 12.7 Å². The summed E-state index contributed by atoms with van der Waals surface area (Å²) in [4.78, 5) is 17.3. The number of amides is 1. The number of hydrogen-bond donors (Lipinski definition) is 1. The first kappa shape index (κ1) is 14.1. The summed E-state index contributed by atoms with van der Waals surface area (Å²) in [6.45, 7) is 4.14. The van der Waals surface area contributed by atoms with Crippen LogP contribution in [0.3, 0.4) is 0 Å². The highest BCUT2D eigenvalue weighted by molar-refractivity contribution is 8.14. The van der Waals surface area contributed by atoms with Crippen LogP contribution in [0.5, 0.6) is 0 Å². The summed E-state index contributed by atoms with van der Waals surface area (Å²) in [5, 5.41) is 5.61. The van der Waals surface area contributed by atoms with Gasteiger partial charge >= 0.3 is 0 Å². The summed E-state index contributed by atoms with van der Waals surface area (Å²) in [6, 6.07) is 0. The second kappa shape index (κ2) is 7.39. The normalized spacial score (nSPS) is 19.6. The quantitative estimate of drug-likeness (QED) is 0.365. The Morgan fingerprint density at radius 2 is 2.53 bits per heavy atom. The maximum atomic E-state index is 11.7. The molecular weight excluding hydrogens is 256 g/mol. The lowest BCUT2D eigenvalue weighted by Crippen LogP contribution is -2.40. The fourth-order valence-electron chi connectivity index (χ4n) is 1.23. The topological polar surface area (TPSA) is 57.1 Å². The highest BCUT2D eigenvalue weighted by atomic mass is 32.2. The van der Waals surface area contributed by atoms with E-state index in [0.717, 1.165) is 10.9 Å². The number of carbonyl (C=O) groups excluding carboxylic acids is 1. The van der Waals surface area contributed by atoms with Crippen LogP contribution in [-0.2, 0) is 4.79 Å². The molecular formula is C10H16N4OS2. The predicted octanol–water partition coefficient (Wildman–Crippen LogP) is 1.35. The van der Waals surface area contributed by atoms with Gasteiger partial charge in [0.1, 0.15) is 0 Å². The number of rotatable bonds is 3. The van der Waals surface area contributed by atoms with Crippen LogP contribution in [0, 0.1) is 0 Å². The summed E-state index contributed by atoms with van der Waals surface area (Å²) in [5.74, 6) is 0.855. The van der Waals surface area contributed by atoms with Crippen molar-refractivity contribution in [2.24, 2.45) is 10.1 Å². The summed E-state index contributed by atoms with van der Waals surface area (Å²) in [6.07, 6.45) is 4.16. The Hall–Kier alpha value is -0.950. The molecule has 0 atom stereocenters. The van der Waals surface area contributed by atoms with Crippen molar-refractivity contribution in [2.75, 3.05) is 25.6 Å². The van der Waals surface area contributed by atoms with Crippen molar-refractivity contribution in [3.63, 3.8) is 0 Å². The molecule has 1 rings (SSSR count). The smallest absolute Gasteiger partial charge is 0.229 e. The molecule has 0 radical (unpaired) electrons. The standard InChI is InChI=1S/C10H16N4OS2/c1-4-6-14-8(15)5-7-17-10(14)13-12-9(11-2)16-3/h4H,1,5-7H2,2-3H3,(H,11,12)/b13-10-. The van der Waals surface area contributed by atoms with E-state index >= 15 is 0 Å². The van der Waals surface area contributed by atoms with Gasteiger partial charge < -0.3 is 0 Å². The molecule has 1 saturated heterocycles. The third-order valence-electron chi connectivity index (χ3n) is 2.03. The molecule has 1 N–H and O–H groups in total. The van der Waals surface area contributed by atoms with Crippen LogP contribution in [0.4, 0.5) is 0 Å². The lowest BCUT2D eigenvalue weighted by molar-refractivity contribution is -0.126. The SMILES string of the molecule is C=CCN1C(=O)CCS/C1=N\NC(=NC)SC.